The van der Waals surface area contributed by atoms with Gasteiger partial charge >= 0.3 is 0 Å². The van der Waals surface area contributed by atoms with Gasteiger partial charge in [0.2, 0.25) is 0 Å². The summed E-state index contributed by atoms with van der Waals surface area (Å²) in [6, 6.07) is 8.95. The van der Waals surface area contributed by atoms with Gasteiger partial charge in [0.05, 0.1) is 0 Å². The van der Waals surface area contributed by atoms with Crippen molar-refractivity contribution in [2.45, 2.75) is 39.5 Å². The maximum atomic E-state index is 2.29. The van der Waals surface area contributed by atoms with Crippen molar-refractivity contribution in [3.8, 4) is 0 Å². The van der Waals surface area contributed by atoms with Gasteiger partial charge < -0.3 is 0 Å². The van der Waals surface area contributed by atoms with E-state index in [1.807, 2.05) is 0 Å². The van der Waals surface area contributed by atoms with E-state index in [1.165, 1.54) is 36.8 Å². The Labute approximate surface area is 86.7 Å². The Morgan fingerprint density at radius 3 is 2.14 bits per heavy atom. The molecule has 1 aromatic rings. The molecule has 0 atom stereocenters. The average Bonchev–Trinajstić information content (AvgIpc) is 2.20. The zero-order valence-corrected chi connectivity index (χ0v) is 9.14. The van der Waals surface area contributed by atoms with E-state index in [0.717, 1.165) is 0 Å². The van der Waals surface area contributed by atoms with E-state index in [4.69, 9.17) is 0 Å². The molecule has 0 aromatic heterocycles. The maximum absolute atomic E-state index is 2.29. The van der Waals surface area contributed by atoms with Gasteiger partial charge in [0, 0.05) is 0 Å². The van der Waals surface area contributed by atoms with Gasteiger partial charge in [-0.2, -0.15) is 0 Å². The first-order chi connectivity index (χ1) is 6.77. The molecule has 0 amide bonds. The molecule has 0 aliphatic heterocycles. The third-order valence-corrected chi connectivity index (χ3v) is 3.14. The lowest BCUT2D eigenvalue weighted by Gasteiger charge is -2.18. The number of rotatable bonds is 1. The highest BCUT2D eigenvalue weighted by Crippen LogP contribution is 2.31. The van der Waals surface area contributed by atoms with Crippen LogP contribution in [0.2, 0.25) is 0 Å². The van der Waals surface area contributed by atoms with Gasteiger partial charge in [-0.15, -0.1) is 0 Å². The molecule has 0 radical (unpaired) electrons. The van der Waals surface area contributed by atoms with Crippen LogP contribution >= 0.6 is 0 Å². The molecule has 1 aliphatic rings. The summed E-state index contributed by atoms with van der Waals surface area (Å²) < 4.78 is 0. The molecule has 1 aliphatic carbocycles. The van der Waals surface area contributed by atoms with Crippen LogP contribution < -0.4 is 0 Å². The van der Waals surface area contributed by atoms with Crippen LogP contribution in [0.25, 0.3) is 5.57 Å². The van der Waals surface area contributed by atoms with Gasteiger partial charge in [-0.1, -0.05) is 35.4 Å². The topological polar surface area (TPSA) is 0 Å². The Kier molecular flexibility index (Phi) is 2.72. The molecule has 1 aromatic carbocycles. The van der Waals surface area contributed by atoms with Crippen LogP contribution in [0.5, 0.6) is 0 Å². The van der Waals surface area contributed by atoms with Gasteiger partial charge in [0.1, 0.15) is 0 Å². The van der Waals surface area contributed by atoms with E-state index < -0.39 is 0 Å². The molecule has 0 spiro atoms. The molecule has 0 nitrogen and oxygen atoms in total. The second kappa shape index (κ2) is 4.00. The summed E-state index contributed by atoms with van der Waals surface area (Å²) in [7, 11) is 0. The number of allylic oxidation sites excluding steroid dienone is 2. The monoisotopic (exact) mass is 186 g/mol. The van der Waals surface area contributed by atoms with Gasteiger partial charge in [0.15, 0.2) is 0 Å². The van der Waals surface area contributed by atoms with Crippen molar-refractivity contribution >= 4 is 5.57 Å². The quantitative estimate of drug-likeness (QED) is 0.612. The normalized spacial score (nSPS) is 17.3. The van der Waals surface area contributed by atoms with E-state index >= 15 is 0 Å². The Bertz CT molecular complexity index is 341. The van der Waals surface area contributed by atoms with Gasteiger partial charge in [-0.05, 0) is 50.7 Å². The summed E-state index contributed by atoms with van der Waals surface area (Å²) in [5, 5.41) is 0. The molecule has 14 heavy (non-hydrogen) atoms. The molecule has 2 rings (SSSR count). The number of benzene rings is 1. The molecule has 74 valence electrons. The lowest BCUT2D eigenvalue weighted by molar-refractivity contribution is 0.714. The molecule has 0 heterocycles. The van der Waals surface area contributed by atoms with Crippen molar-refractivity contribution in [2.24, 2.45) is 0 Å². The van der Waals surface area contributed by atoms with Crippen LogP contribution in [-0.4, -0.2) is 0 Å². The maximum Gasteiger partial charge on any atom is -0.0225 e. The van der Waals surface area contributed by atoms with Crippen molar-refractivity contribution in [3.63, 3.8) is 0 Å². The van der Waals surface area contributed by atoms with E-state index in [0.29, 0.717) is 0 Å². The zero-order chi connectivity index (χ0) is 9.97. The Hall–Kier alpha value is -1.04. The molecule has 0 heteroatoms. The summed E-state index contributed by atoms with van der Waals surface area (Å²) in [5.41, 5.74) is 5.98. The predicted octanol–water partition coefficient (Wildman–Crippen LogP) is 4.34. The van der Waals surface area contributed by atoms with Crippen LogP contribution in [0.3, 0.4) is 0 Å². The average molecular weight is 186 g/mol. The Morgan fingerprint density at radius 2 is 1.50 bits per heavy atom. The highest BCUT2D eigenvalue weighted by atomic mass is 14.2. The highest BCUT2D eigenvalue weighted by molar-refractivity contribution is 5.69. The van der Waals surface area contributed by atoms with Crippen molar-refractivity contribution in [1.82, 2.24) is 0 Å². The fourth-order valence-corrected chi connectivity index (χ4v) is 2.20. The first-order valence-corrected chi connectivity index (χ1v) is 5.53. The fraction of sp³-hybridized carbons (Fsp3) is 0.429. The molecule has 0 saturated heterocycles. The fourth-order valence-electron chi connectivity index (χ4n) is 2.20. The van der Waals surface area contributed by atoms with E-state index in [1.54, 1.807) is 11.1 Å². The SMILES string of the molecule is CC1=C(c2ccc(C)cc2)CCCC1. The number of hydrogen-bond acceptors (Lipinski definition) is 0. The van der Waals surface area contributed by atoms with Gasteiger partial charge in [-0.25, -0.2) is 0 Å². The summed E-state index contributed by atoms with van der Waals surface area (Å²) in [4.78, 5) is 0. The third-order valence-electron chi connectivity index (χ3n) is 3.14. The molecule has 0 N–H and O–H groups in total. The van der Waals surface area contributed by atoms with Crippen molar-refractivity contribution in [3.05, 3.63) is 41.0 Å². The van der Waals surface area contributed by atoms with Crippen LogP contribution in [0.15, 0.2) is 29.8 Å². The van der Waals surface area contributed by atoms with Crippen LogP contribution in [0.1, 0.15) is 43.7 Å². The molecule has 0 bridgehead atoms. The second-order valence-electron chi connectivity index (χ2n) is 4.33. The molecular formula is C14H18. The first kappa shape index (κ1) is 9.51. The molecule has 0 saturated carbocycles. The number of hydrogen-bond donors (Lipinski definition) is 0. The zero-order valence-electron chi connectivity index (χ0n) is 9.14. The smallest absolute Gasteiger partial charge is 0.0225 e. The molecular weight excluding hydrogens is 168 g/mol. The summed E-state index contributed by atoms with van der Waals surface area (Å²) in [6.45, 7) is 4.43. The van der Waals surface area contributed by atoms with Crippen LogP contribution in [0, 0.1) is 6.92 Å². The summed E-state index contributed by atoms with van der Waals surface area (Å²) in [6.07, 6.45) is 5.31. The Morgan fingerprint density at radius 1 is 0.857 bits per heavy atom. The standard InChI is InChI=1S/C14H18/c1-11-7-9-13(10-8-11)14-6-4-3-5-12(14)2/h7-10H,3-6H2,1-2H3. The van der Waals surface area contributed by atoms with E-state index in [-0.39, 0.29) is 0 Å². The summed E-state index contributed by atoms with van der Waals surface area (Å²) in [5.74, 6) is 0. The van der Waals surface area contributed by atoms with Gasteiger partial charge in [-0.3, -0.25) is 0 Å². The Balaban J connectivity index is 2.34. The number of aryl methyl sites for hydroxylation is 1. The predicted molar refractivity (Wildman–Crippen MR) is 62.2 cm³/mol. The highest BCUT2D eigenvalue weighted by Gasteiger charge is 2.10. The van der Waals surface area contributed by atoms with Crippen LogP contribution in [-0.2, 0) is 0 Å². The lowest BCUT2D eigenvalue weighted by atomic mass is 9.88. The van der Waals surface area contributed by atoms with Crippen molar-refractivity contribution < 1.29 is 0 Å². The van der Waals surface area contributed by atoms with Crippen LogP contribution in [0.4, 0.5) is 0 Å². The first-order valence-electron chi connectivity index (χ1n) is 5.53. The van der Waals surface area contributed by atoms with E-state index in [2.05, 4.69) is 38.1 Å². The lowest BCUT2D eigenvalue weighted by Crippen LogP contribution is -1.96. The molecule has 0 fully saturated rings. The minimum atomic E-state index is 1.27. The molecule has 0 unspecified atom stereocenters. The minimum Gasteiger partial charge on any atom is -0.0695 e. The third kappa shape index (κ3) is 1.89. The van der Waals surface area contributed by atoms with E-state index in [9.17, 15) is 0 Å². The van der Waals surface area contributed by atoms with Gasteiger partial charge in [0.25, 0.3) is 0 Å². The second-order valence-corrected chi connectivity index (χ2v) is 4.33. The largest absolute Gasteiger partial charge is 0.0695 e. The van der Waals surface area contributed by atoms with Crippen molar-refractivity contribution in [1.29, 1.82) is 0 Å². The minimum absolute atomic E-state index is 1.27. The summed E-state index contributed by atoms with van der Waals surface area (Å²) >= 11 is 0. The van der Waals surface area contributed by atoms with Crippen molar-refractivity contribution in [2.75, 3.05) is 0 Å².